The molecule has 11 heteroatoms. The van der Waals surface area contributed by atoms with Crippen molar-refractivity contribution in [1.82, 2.24) is 20.1 Å². The first-order valence-electron chi connectivity index (χ1n) is 14.6. The van der Waals surface area contributed by atoms with E-state index in [1.807, 2.05) is 18.5 Å². The third-order valence-electron chi connectivity index (χ3n) is 9.38. The number of hydrogen-bond acceptors (Lipinski definition) is 5. The number of hydrogen-bond donors (Lipinski definition) is 2. The van der Waals surface area contributed by atoms with Crippen molar-refractivity contribution in [1.29, 1.82) is 0 Å². The average molecular weight is 585 g/mol. The SMILES string of the molecule is CCNc1cc([C@]2(c3nncn3C)C[C@@H](C)C2)cc(N2Cc3c(cc(CNC4(C)CCC4)cc3C(F)(F)F)C2=O)c1F. The van der Waals surface area contributed by atoms with E-state index < -0.39 is 28.9 Å². The molecule has 2 N–H and O–H groups in total. The number of benzene rings is 2. The zero-order valence-corrected chi connectivity index (χ0v) is 24.3. The Bertz CT molecular complexity index is 1540. The third kappa shape index (κ3) is 4.66. The highest BCUT2D eigenvalue weighted by Gasteiger charge is 2.49. The zero-order valence-electron chi connectivity index (χ0n) is 24.3. The molecular weight excluding hydrogens is 548 g/mol. The maximum absolute atomic E-state index is 16.1. The van der Waals surface area contributed by atoms with E-state index in [1.54, 1.807) is 18.5 Å². The van der Waals surface area contributed by atoms with Crippen LogP contribution in [0.5, 0.6) is 0 Å². The van der Waals surface area contributed by atoms with Gasteiger partial charge in [-0.05, 0) is 92.8 Å². The molecule has 0 spiro atoms. The van der Waals surface area contributed by atoms with Gasteiger partial charge in [0.05, 0.1) is 28.9 Å². The quantitative estimate of drug-likeness (QED) is 0.304. The van der Waals surface area contributed by atoms with E-state index in [0.29, 0.717) is 18.0 Å². The lowest BCUT2D eigenvalue weighted by Gasteiger charge is -2.46. The number of nitrogens with zero attached hydrogens (tertiary/aromatic N) is 4. The van der Waals surface area contributed by atoms with E-state index in [1.165, 1.54) is 6.07 Å². The third-order valence-corrected chi connectivity index (χ3v) is 9.38. The van der Waals surface area contributed by atoms with Gasteiger partial charge in [-0.15, -0.1) is 10.2 Å². The van der Waals surface area contributed by atoms with Crippen LogP contribution in [0.3, 0.4) is 0 Å². The lowest BCUT2D eigenvalue weighted by atomic mass is 9.58. The molecule has 1 amide bonds. The van der Waals surface area contributed by atoms with Crippen molar-refractivity contribution in [3.05, 3.63) is 70.1 Å². The molecule has 42 heavy (non-hydrogen) atoms. The molecule has 2 heterocycles. The van der Waals surface area contributed by atoms with Crippen LogP contribution in [0.15, 0.2) is 30.6 Å². The van der Waals surface area contributed by atoms with Gasteiger partial charge in [0.1, 0.15) is 12.2 Å². The number of alkyl halides is 3. The molecule has 3 aliphatic rings. The van der Waals surface area contributed by atoms with Crippen molar-refractivity contribution >= 4 is 17.3 Å². The number of aryl methyl sites for hydroxylation is 1. The van der Waals surface area contributed by atoms with E-state index in [4.69, 9.17) is 0 Å². The van der Waals surface area contributed by atoms with Crippen LogP contribution in [0.2, 0.25) is 0 Å². The molecule has 6 rings (SSSR count). The highest BCUT2D eigenvalue weighted by molar-refractivity contribution is 6.10. The molecule has 0 bridgehead atoms. The van der Waals surface area contributed by atoms with Crippen LogP contribution in [0.4, 0.5) is 28.9 Å². The van der Waals surface area contributed by atoms with Gasteiger partial charge < -0.3 is 20.1 Å². The van der Waals surface area contributed by atoms with E-state index >= 15 is 4.39 Å². The Balaban J connectivity index is 1.43. The summed E-state index contributed by atoms with van der Waals surface area (Å²) in [6.45, 7) is 6.29. The Kier molecular flexibility index (Phi) is 6.87. The monoisotopic (exact) mass is 584 g/mol. The number of amides is 1. The first-order valence-corrected chi connectivity index (χ1v) is 14.6. The lowest BCUT2D eigenvalue weighted by Crippen LogP contribution is -2.47. The molecule has 2 fully saturated rings. The van der Waals surface area contributed by atoms with Crippen molar-refractivity contribution < 1.29 is 22.4 Å². The van der Waals surface area contributed by atoms with E-state index in [2.05, 4.69) is 34.7 Å². The lowest BCUT2D eigenvalue weighted by molar-refractivity contribution is -0.138. The minimum Gasteiger partial charge on any atom is -0.383 e. The van der Waals surface area contributed by atoms with Gasteiger partial charge in [0, 0.05) is 31.2 Å². The second-order valence-electron chi connectivity index (χ2n) is 12.6. The maximum Gasteiger partial charge on any atom is 0.416 e. The number of rotatable bonds is 8. The number of nitrogens with one attached hydrogen (secondary N) is 2. The zero-order chi connectivity index (χ0) is 30.0. The number of halogens is 4. The minimum atomic E-state index is -4.66. The number of anilines is 2. The first-order chi connectivity index (χ1) is 19.8. The molecule has 1 aromatic heterocycles. The van der Waals surface area contributed by atoms with Crippen LogP contribution in [-0.4, -0.2) is 32.8 Å². The van der Waals surface area contributed by atoms with Gasteiger partial charge in [-0.1, -0.05) is 6.92 Å². The second-order valence-corrected chi connectivity index (χ2v) is 12.6. The number of fused-ring (bicyclic) bond motifs is 1. The van der Waals surface area contributed by atoms with Crippen LogP contribution < -0.4 is 15.5 Å². The van der Waals surface area contributed by atoms with Crippen molar-refractivity contribution in [3.63, 3.8) is 0 Å². The van der Waals surface area contributed by atoms with Crippen molar-refractivity contribution in [2.24, 2.45) is 13.0 Å². The van der Waals surface area contributed by atoms with Crippen LogP contribution in [0.25, 0.3) is 0 Å². The maximum atomic E-state index is 16.1. The fraction of sp³-hybridized carbons (Fsp3) is 0.516. The summed E-state index contributed by atoms with van der Waals surface area (Å²) in [5, 5.41) is 14.8. The van der Waals surface area contributed by atoms with Crippen LogP contribution in [-0.2, 0) is 31.7 Å². The van der Waals surface area contributed by atoms with Gasteiger partial charge in [0.25, 0.3) is 5.91 Å². The molecule has 2 saturated carbocycles. The van der Waals surface area contributed by atoms with Crippen molar-refractivity contribution in [2.75, 3.05) is 16.8 Å². The highest BCUT2D eigenvalue weighted by atomic mass is 19.4. The molecule has 224 valence electrons. The molecule has 7 nitrogen and oxygen atoms in total. The Morgan fingerprint density at radius 1 is 1.14 bits per heavy atom. The van der Waals surface area contributed by atoms with Gasteiger partial charge in [-0.25, -0.2) is 4.39 Å². The Labute approximate surface area is 242 Å². The van der Waals surface area contributed by atoms with Gasteiger partial charge in [0.2, 0.25) is 0 Å². The summed E-state index contributed by atoms with van der Waals surface area (Å²) < 4.78 is 60.9. The molecule has 0 radical (unpaired) electrons. The smallest absolute Gasteiger partial charge is 0.383 e. The standard InChI is InChI=1S/C31H36F4N6O/c1-5-36-24-11-20(30(13-18(2)14-30)28-39-38-17-40(28)4)12-25(26(24)32)41-16-22-21(27(41)42)9-19(10-23(22)31(33,34)35)15-37-29(3)7-6-8-29/h9-12,17-18,36-37H,5-8,13-16H2,1-4H3/t18-,30+. The number of carbonyl (C=O) groups excluding carboxylic acids is 1. The summed E-state index contributed by atoms with van der Waals surface area (Å²) in [5.41, 5.74) is -0.378. The largest absolute Gasteiger partial charge is 0.416 e. The predicted octanol–water partition coefficient (Wildman–Crippen LogP) is 6.31. The summed E-state index contributed by atoms with van der Waals surface area (Å²) in [6.07, 6.45) is 1.43. The van der Waals surface area contributed by atoms with Crippen LogP contribution in [0, 0.1) is 11.7 Å². The molecule has 0 atom stereocenters. The van der Waals surface area contributed by atoms with Crippen molar-refractivity contribution in [2.45, 2.75) is 83.1 Å². The average Bonchev–Trinajstić information content (AvgIpc) is 3.47. The van der Waals surface area contributed by atoms with E-state index in [9.17, 15) is 18.0 Å². The van der Waals surface area contributed by atoms with Crippen LogP contribution >= 0.6 is 0 Å². The summed E-state index contributed by atoms with van der Waals surface area (Å²) in [6, 6.07) is 6.01. The first kappa shape index (κ1) is 28.6. The topological polar surface area (TPSA) is 75.1 Å². The molecule has 0 saturated heterocycles. The highest BCUT2D eigenvalue weighted by Crippen LogP contribution is 2.53. The van der Waals surface area contributed by atoms with Gasteiger partial charge >= 0.3 is 6.18 Å². The molecule has 0 unspecified atom stereocenters. The number of carbonyl (C=O) groups is 1. The fourth-order valence-corrected chi connectivity index (χ4v) is 7.01. The van der Waals surface area contributed by atoms with E-state index in [-0.39, 0.29) is 41.1 Å². The van der Waals surface area contributed by atoms with Crippen molar-refractivity contribution in [3.8, 4) is 0 Å². The molecule has 3 aromatic rings. The van der Waals surface area contributed by atoms with Gasteiger partial charge in [-0.3, -0.25) is 4.79 Å². The Hall–Kier alpha value is -3.47. The fourth-order valence-electron chi connectivity index (χ4n) is 7.01. The second kappa shape index (κ2) is 10.1. The Morgan fingerprint density at radius 2 is 1.88 bits per heavy atom. The Morgan fingerprint density at radius 3 is 2.45 bits per heavy atom. The molecular formula is C31H36F4N6O. The molecule has 2 aromatic carbocycles. The minimum absolute atomic E-state index is 0.0320. The summed E-state index contributed by atoms with van der Waals surface area (Å²) in [4.78, 5) is 15.0. The van der Waals surface area contributed by atoms with Crippen LogP contribution in [0.1, 0.15) is 91.3 Å². The predicted molar refractivity (Wildman–Crippen MR) is 152 cm³/mol. The van der Waals surface area contributed by atoms with Gasteiger partial charge in [0.15, 0.2) is 5.82 Å². The number of aromatic nitrogens is 3. The summed E-state index contributed by atoms with van der Waals surface area (Å²) >= 11 is 0. The summed E-state index contributed by atoms with van der Waals surface area (Å²) in [5.74, 6) is -0.191. The van der Waals surface area contributed by atoms with E-state index in [0.717, 1.165) is 54.5 Å². The van der Waals surface area contributed by atoms with Gasteiger partial charge in [-0.2, -0.15) is 13.2 Å². The molecule has 2 aliphatic carbocycles. The molecule has 1 aliphatic heterocycles. The normalized spacial score (nSPS) is 23.0. The summed E-state index contributed by atoms with van der Waals surface area (Å²) in [7, 11) is 1.85.